The van der Waals surface area contributed by atoms with Crippen LogP contribution in [0.1, 0.15) is 26.7 Å². The van der Waals surface area contributed by atoms with E-state index >= 15 is 0 Å². The second-order valence-electron chi connectivity index (χ2n) is 4.43. The summed E-state index contributed by atoms with van der Waals surface area (Å²) in [6, 6.07) is 0. The zero-order valence-electron chi connectivity index (χ0n) is 10.1. The molecule has 0 aliphatic carbocycles. The van der Waals surface area contributed by atoms with Crippen LogP contribution in [0.4, 0.5) is 0 Å². The molecule has 0 saturated carbocycles. The lowest BCUT2D eigenvalue weighted by Crippen LogP contribution is -2.47. The summed E-state index contributed by atoms with van der Waals surface area (Å²) in [7, 11) is -3.19. The SMILES string of the molecule is CCOCCS(=O)(=O)NCC1(C)CCCN1. The Bertz CT molecular complexity index is 297. The van der Waals surface area contributed by atoms with Crippen molar-refractivity contribution in [2.24, 2.45) is 0 Å². The molecule has 0 spiro atoms. The third kappa shape index (κ3) is 4.78. The number of hydrogen-bond acceptors (Lipinski definition) is 4. The predicted molar refractivity (Wildman–Crippen MR) is 63.9 cm³/mol. The highest BCUT2D eigenvalue weighted by molar-refractivity contribution is 7.89. The summed E-state index contributed by atoms with van der Waals surface area (Å²) in [6.07, 6.45) is 2.12. The molecule has 1 atom stereocenters. The van der Waals surface area contributed by atoms with Crippen molar-refractivity contribution in [2.45, 2.75) is 32.2 Å². The molecule has 1 saturated heterocycles. The van der Waals surface area contributed by atoms with Gasteiger partial charge in [0.05, 0.1) is 12.4 Å². The molecule has 6 heteroatoms. The molecule has 1 aliphatic heterocycles. The monoisotopic (exact) mass is 250 g/mol. The van der Waals surface area contributed by atoms with Crippen LogP contribution >= 0.6 is 0 Å². The third-order valence-electron chi connectivity index (χ3n) is 2.84. The third-order valence-corrected chi connectivity index (χ3v) is 4.13. The van der Waals surface area contributed by atoms with Gasteiger partial charge in [-0.25, -0.2) is 13.1 Å². The van der Waals surface area contributed by atoms with Crippen LogP contribution in [0.3, 0.4) is 0 Å². The lowest BCUT2D eigenvalue weighted by Gasteiger charge is -2.24. The molecule has 1 fully saturated rings. The summed E-state index contributed by atoms with van der Waals surface area (Å²) in [6.45, 7) is 6.14. The van der Waals surface area contributed by atoms with Crippen molar-refractivity contribution >= 4 is 10.0 Å². The van der Waals surface area contributed by atoms with Gasteiger partial charge in [-0.3, -0.25) is 0 Å². The Kier molecular flexibility index (Phi) is 5.17. The van der Waals surface area contributed by atoms with Crippen LogP contribution in [-0.4, -0.2) is 46.0 Å². The summed E-state index contributed by atoms with van der Waals surface area (Å²) in [5.74, 6) is 0.0386. The van der Waals surface area contributed by atoms with E-state index in [2.05, 4.69) is 10.0 Å². The maximum absolute atomic E-state index is 11.6. The Hall–Kier alpha value is -0.170. The molecule has 1 heterocycles. The lowest BCUT2D eigenvalue weighted by molar-refractivity contribution is 0.163. The Balaban J connectivity index is 2.30. The molecule has 1 unspecified atom stereocenters. The van der Waals surface area contributed by atoms with Crippen molar-refractivity contribution in [1.82, 2.24) is 10.0 Å². The van der Waals surface area contributed by atoms with Crippen molar-refractivity contribution < 1.29 is 13.2 Å². The number of ether oxygens (including phenoxy) is 1. The van der Waals surface area contributed by atoms with Gasteiger partial charge in [0, 0.05) is 18.7 Å². The molecule has 1 rings (SSSR count). The summed E-state index contributed by atoms with van der Waals surface area (Å²) < 4.78 is 30.8. The smallest absolute Gasteiger partial charge is 0.213 e. The van der Waals surface area contributed by atoms with Crippen LogP contribution in [0, 0.1) is 0 Å². The second kappa shape index (κ2) is 5.95. The first-order valence-corrected chi connectivity index (χ1v) is 7.43. The Morgan fingerprint density at radius 2 is 2.25 bits per heavy atom. The van der Waals surface area contributed by atoms with Gasteiger partial charge in [-0.2, -0.15) is 0 Å². The minimum Gasteiger partial charge on any atom is -0.381 e. The van der Waals surface area contributed by atoms with Crippen molar-refractivity contribution in [3.8, 4) is 0 Å². The van der Waals surface area contributed by atoms with Gasteiger partial charge < -0.3 is 10.1 Å². The van der Waals surface area contributed by atoms with E-state index < -0.39 is 10.0 Å². The molecule has 0 aromatic carbocycles. The van der Waals surface area contributed by atoms with E-state index in [0.717, 1.165) is 19.4 Å². The lowest BCUT2D eigenvalue weighted by atomic mass is 10.0. The van der Waals surface area contributed by atoms with Gasteiger partial charge in [0.1, 0.15) is 0 Å². The average molecular weight is 250 g/mol. The molecule has 2 N–H and O–H groups in total. The summed E-state index contributed by atoms with van der Waals surface area (Å²) in [5.41, 5.74) is -0.0846. The topological polar surface area (TPSA) is 67.4 Å². The van der Waals surface area contributed by atoms with Gasteiger partial charge in [-0.15, -0.1) is 0 Å². The number of sulfonamides is 1. The first-order valence-electron chi connectivity index (χ1n) is 5.77. The van der Waals surface area contributed by atoms with E-state index in [0.29, 0.717) is 13.2 Å². The number of rotatable bonds is 7. The zero-order valence-corrected chi connectivity index (χ0v) is 10.9. The molecule has 16 heavy (non-hydrogen) atoms. The summed E-state index contributed by atoms with van der Waals surface area (Å²) >= 11 is 0. The van der Waals surface area contributed by atoms with Crippen LogP contribution in [0.2, 0.25) is 0 Å². The Labute approximate surface area is 98.0 Å². The van der Waals surface area contributed by atoms with E-state index in [1.54, 1.807) is 0 Å². The molecule has 5 nitrogen and oxygen atoms in total. The van der Waals surface area contributed by atoms with Gasteiger partial charge in [0.15, 0.2) is 0 Å². The van der Waals surface area contributed by atoms with Crippen molar-refractivity contribution in [3.05, 3.63) is 0 Å². The molecular weight excluding hydrogens is 228 g/mol. The van der Waals surface area contributed by atoms with Crippen molar-refractivity contribution in [1.29, 1.82) is 0 Å². The minimum atomic E-state index is -3.19. The fourth-order valence-electron chi connectivity index (χ4n) is 1.76. The van der Waals surface area contributed by atoms with Crippen LogP contribution < -0.4 is 10.0 Å². The molecule has 1 aliphatic rings. The average Bonchev–Trinajstić information content (AvgIpc) is 2.64. The van der Waals surface area contributed by atoms with E-state index in [4.69, 9.17) is 4.74 Å². The predicted octanol–water partition coefficient (Wildman–Crippen LogP) is 0.0844. The van der Waals surface area contributed by atoms with Gasteiger partial charge in [0.25, 0.3) is 0 Å². The highest BCUT2D eigenvalue weighted by atomic mass is 32.2. The van der Waals surface area contributed by atoms with Gasteiger partial charge in [-0.05, 0) is 33.2 Å². The molecule has 0 aromatic heterocycles. The van der Waals surface area contributed by atoms with Crippen LogP contribution in [0.5, 0.6) is 0 Å². The molecule has 96 valence electrons. The molecule has 0 bridgehead atoms. The fourth-order valence-corrected chi connectivity index (χ4v) is 2.78. The minimum absolute atomic E-state index is 0.0386. The van der Waals surface area contributed by atoms with Gasteiger partial charge in [-0.1, -0.05) is 0 Å². The largest absolute Gasteiger partial charge is 0.381 e. The van der Waals surface area contributed by atoms with Crippen LogP contribution in [0.15, 0.2) is 0 Å². The van der Waals surface area contributed by atoms with Crippen LogP contribution in [0.25, 0.3) is 0 Å². The first-order chi connectivity index (χ1) is 7.47. The van der Waals surface area contributed by atoms with E-state index in [1.807, 2.05) is 13.8 Å². The van der Waals surface area contributed by atoms with E-state index in [-0.39, 0.29) is 17.9 Å². The highest BCUT2D eigenvalue weighted by Crippen LogP contribution is 2.17. The fraction of sp³-hybridized carbons (Fsp3) is 1.00. The van der Waals surface area contributed by atoms with Crippen molar-refractivity contribution in [3.63, 3.8) is 0 Å². The maximum atomic E-state index is 11.6. The normalized spacial score (nSPS) is 26.1. The molecule has 0 radical (unpaired) electrons. The zero-order chi connectivity index (χ0) is 12.1. The van der Waals surface area contributed by atoms with E-state index in [1.165, 1.54) is 0 Å². The molecule has 0 amide bonds. The van der Waals surface area contributed by atoms with Gasteiger partial charge in [0.2, 0.25) is 10.0 Å². The summed E-state index contributed by atoms with van der Waals surface area (Å²) in [5, 5.41) is 3.31. The molecular formula is C10H22N2O3S. The van der Waals surface area contributed by atoms with Crippen LogP contribution in [-0.2, 0) is 14.8 Å². The summed E-state index contributed by atoms with van der Waals surface area (Å²) in [4.78, 5) is 0. The highest BCUT2D eigenvalue weighted by Gasteiger charge is 2.29. The first kappa shape index (κ1) is 13.9. The Morgan fingerprint density at radius 3 is 2.81 bits per heavy atom. The standard InChI is InChI=1S/C10H22N2O3S/c1-3-15-7-8-16(13,14)12-9-10(2)5-4-6-11-10/h11-12H,3-9H2,1-2H3. The Morgan fingerprint density at radius 1 is 1.50 bits per heavy atom. The van der Waals surface area contributed by atoms with Crippen molar-refractivity contribution in [2.75, 3.05) is 32.1 Å². The number of hydrogen-bond donors (Lipinski definition) is 2. The van der Waals surface area contributed by atoms with Gasteiger partial charge >= 0.3 is 0 Å². The maximum Gasteiger partial charge on any atom is 0.213 e. The second-order valence-corrected chi connectivity index (χ2v) is 6.35. The quantitative estimate of drug-likeness (QED) is 0.628. The number of nitrogens with one attached hydrogen (secondary N) is 2. The van der Waals surface area contributed by atoms with E-state index in [9.17, 15) is 8.42 Å². The molecule has 0 aromatic rings.